The van der Waals surface area contributed by atoms with Crippen LogP contribution in [-0.2, 0) is 11.3 Å². The van der Waals surface area contributed by atoms with E-state index in [1.165, 1.54) is 0 Å². The fourth-order valence-corrected chi connectivity index (χ4v) is 2.80. The van der Waals surface area contributed by atoms with Crippen molar-refractivity contribution in [1.29, 1.82) is 0 Å². The number of amides is 1. The van der Waals surface area contributed by atoms with Crippen LogP contribution < -0.4 is 11.1 Å². The van der Waals surface area contributed by atoms with Gasteiger partial charge in [0.25, 0.3) is 0 Å². The number of hydrogen-bond acceptors (Lipinski definition) is 3. The summed E-state index contributed by atoms with van der Waals surface area (Å²) in [6.07, 6.45) is 2.08. The molecule has 0 aliphatic carbocycles. The van der Waals surface area contributed by atoms with Crippen LogP contribution in [0.3, 0.4) is 0 Å². The maximum Gasteiger partial charge on any atom is 0.245 e. The van der Waals surface area contributed by atoms with Crippen LogP contribution in [0.2, 0.25) is 0 Å². The van der Waals surface area contributed by atoms with Gasteiger partial charge in [0.2, 0.25) is 5.91 Å². The van der Waals surface area contributed by atoms with Gasteiger partial charge in [0.1, 0.15) is 6.04 Å². The third-order valence-electron chi connectivity index (χ3n) is 4.27. The lowest BCUT2D eigenvalue weighted by Crippen LogP contribution is -2.27. The minimum Gasteiger partial charge on any atom is -0.346 e. The van der Waals surface area contributed by atoms with E-state index in [2.05, 4.69) is 41.1 Å². The molecule has 1 unspecified atom stereocenters. The van der Waals surface area contributed by atoms with Crippen molar-refractivity contribution >= 4 is 22.5 Å². The molecule has 0 fully saturated rings. The van der Waals surface area contributed by atoms with E-state index in [1.807, 2.05) is 48.5 Å². The SMILES string of the molecule is CN(C)CCn1ccc2ccc(NC(=O)C(N)c3ccccc3)cc21. The van der Waals surface area contributed by atoms with Crippen molar-refractivity contribution in [2.24, 2.45) is 5.73 Å². The predicted octanol–water partition coefficient (Wildman–Crippen LogP) is 2.84. The first-order chi connectivity index (χ1) is 12.0. The highest BCUT2D eigenvalue weighted by Crippen LogP contribution is 2.22. The molecule has 3 rings (SSSR count). The van der Waals surface area contributed by atoms with Gasteiger partial charge in [0.05, 0.1) is 5.52 Å². The molecule has 0 aliphatic rings. The fourth-order valence-electron chi connectivity index (χ4n) is 2.80. The Labute approximate surface area is 148 Å². The van der Waals surface area contributed by atoms with E-state index < -0.39 is 6.04 Å². The molecular weight excluding hydrogens is 312 g/mol. The van der Waals surface area contributed by atoms with Gasteiger partial charge >= 0.3 is 0 Å². The zero-order chi connectivity index (χ0) is 17.8. The standard InChI is InChI=1S/C20H24N4O/c1-23(2)12-13-24-11-10-15-8-9-17(14-18(15)24)22-20(25)19(21)16-6-4-3-5-7-16/h3-11,14,19H,12-13,21H2,1-2H3,(H,22,25). The number of aromatic nitrogens is 1. The zero-order valence-corrected chi connectivity index (χ0v) is 14.6. The summed E-state index contributed by atoms with van der Waals surface area (Å²) in [5, 5.41) is 4.08. The van der Waals surface area contributed by atoms with E-state index in [0.717, 1.165) is 35.2 Å². The van der Waals surface area contributed by atoms with Crippen molar-refractivity contribution in [2.45, 2.75) is 12.6 Å². The van der Waals surface area contributed by atoms with Gasteiger partial charge in [-0.2, -0.15) is 0 Å². The number of nitrogens with one attached hydrogen (secondary N) is 1. The van der Waals surface area contributed by atoms with Gasteiger partial charge in [0.15, 0.2) is 0 Å². The Bertz CT molecular complexity index is 855. The van der Waals surface area contributed by atoms with Gasteiger partial charge in [-0.3, -0.25) is 4.79 Å². The Morgan fingerprint density at radius 1 is 1.16 bits per heavy atom. The van der Waals surface area contributed by atoms with Crippen LogP contribution in [0.5, 0.6) is 0 Å². The van der Waals surface area contributed by atoms with Crippen molar-refractivity contribution in [3.63, 3.8) is 0 Å². The lowest BCUT2D eigenvalue weighted by atomic mass is 10.1. The number of benzene rings is 2. The van der Waals surface area contributed by atoms with Crippen molar-refractivity contribution in [2.75, 3.05) is 26.0 Å². The van der Waals surface area contributed by atoms with E-state index in [4.69, 9.17) is 5.73 Å². The number of rotatable bonds is 6. The summed E-state index contributed by atoms with van der Waals surface area (Å²) in [6.45, 7) is 1.86. The van der Waals surface area contributed by atoms with Gasteiger partial charge in [-0.25, -0.2) is 0 Å². The van der Waals surface area contributed by atoms with Crippen LogP contribution in [-0.4, -0.2) is 36.0 Å². The lowest BCUT2D eigenvalue weighted by Gasteiger charge is -2.14. The van der Waals surface area contributed by atoms with Gasteiger partial charge in [0, 0.05) is 25.0 Å². The van der Waals surface area contributed by atoms with Crippen molar-refractivity contribution in [1.82, 2.24) is 9.47 Å². The molecule has 1 heterocycles. The average molecular weight is 336 g/mol. The molecule has 130 valence electrons. The lowest BCUT2D eigenvalue weighted by molar-refractivity contribution is -0.117. The highest BCUT2D eigenvalue weighted by atomic mass is 16.2. The van der Waals surface area contributed by atoms with E-state index in [9.17, 15) is 4.79 Å². The van der Waals surface area contributed by atoms with Crippen LogP contribution in [0.25, 0.3) is 10.9 Å². The van der Waals surface area contributed by atoms with Crippen molar-refractivity contribution in [3.05, 3.63) is 66.4 Å². The van der Waals surface area contributed by atoms with Gasteiger partial charge in [-0.15, -0.1) is 0 Å². The normalized spacial score (nSPS) is 12.5. The monoisotopic (exact) mass is 336 g/mol. The summed E-state index contributed by atoms with van der Waals surface area (Å²) < 4.78 is 2.20. The first-order valence-electron chi connectivity index (χ1n) is 8.39. The Balaban J connectivity index is 1.77. The first-order valence-corrected chi connectivity index (χ1v) is 8.39. The molecule has 1 aromatic heterocycles. The number of carbonyl (C=O) groups is 1. The van der Waals surface area contributed by atoms with E-state index in [0.29, 0.717) is 0 Å². The summed E-state index contributed by atoms with van der Waals surface area (Å²) in [6, 6.07) is 16.7. The van der Waals surface area contributed by atoms with Crippen LogP contribution >= 0.6 is 0 Å². The second-order valence-corrected chi connectivity index (χ2v) is 6.46. The van der Waals surface area contributed by atoms with Crippen LogP contribution in [0.1, 0.15) is 11.6 Å². The minimum atomic E-state index is -0.683. The summed E-state index contributed by atoms with van der Waals surface area (Å²) in [4.78, 5) is 14.6. The zero-order valence-electron chi connectivity index (χ0n) is 14.6. The average Bonchev–Trinajstić information content (AvgIpc) is 3.02. The molecule has 0 bridgehead atoms. The highest BCUT2D eigenvalue weighted by Gasteiger charge is 2.15. The molecule has 1 atom stereocenters. The van der Waals surface area contributed by atoms with Crippen molar-refractivity contribution in [3.8, 4) is 0 Å². The molecule has 0 saturated carbocycles. The quantitative estimate of drug-likeness (QED) is 0.727. The maximum absolute atomic E-state index is 12.4. The Morgan fingerprint density at radius 2 is 1.92 bits per heavy atom. The second-order valence-electron chi connectivity index (χ2n) is 6.46. The largest absolute Gasteiger partial charge is 0.346 e. The summed E-state index contributed by atoms with van der Waals surface area (Å²) in [7, 11) is 4.12. The van der Waals surface area contributed by atoms with Gasteiger partial charge in [-0.05, 0) is 43.2 Å². The number of nitrogens with two attached hydrogens (primary N) is 1. The molecule has 2 aromatic carbocycles. The highest BCUT2D eigenvalue weighted by molar-refractivity contribution is 5.97. The van der Waals surface area contributed by atoms with E-state index >= 15 is 0 Å². The third-order valence-corrected chi connectivity index (χ3v) is 4.27. The van der Waals surface area contributed by atoms with Gasteiger partial charge in [-0.1, -0.05) is 36.4 Å². The maximum atomic E-state index is 12.4. The first kappa shape index (κ1) is 17.2. The molecule has 5 nitrogen and oxygen atoms in total. The molecule has 0 saturated heterocycles. The summed E-state index contributed by atoms with van der Waals surface area (Å²) >= 11 is 0. The Kier molecular flexibility index (Phi) is 5.16. The van der Waals surface area contributed by atoms with Gasteiger partial charge < -0.3 is 20.5 Å². The molecule has 25 heavy (non-hydrogen) atoms. The molecule has 5 heteroatoms. The topological polar surface area (TPSA) is 63.3 Å². The summed E-state index contributed by atoms with van der Waals surface area (Å²) in [5.41, 5.74) is 8.73. The molecule has 3 N–H and O–H groups in total. The number of hydrogen-bond donors (Lipinski definition) is 2. The van der Waals surface area contributed by atoms with Crippen LogP contribution in [0, 0.1) is 0 Å². The smallest absolute Gasteiger partial charge is 0.245 e. The number of fused-ring (bicyclic) bond motifs is 1. The fraction of sp³-hybridized carbons (Fsp3) is 0.250. The number of carbonyl (C=O) groups excluding carboxylic acids is 1. The second kappa shape index (κ2) is 7.51. The summed E-state index contributed by atoms with van der Waals surface area (Å²) in [5.74, 6) is -0.211. The molecule has 0 radical (unpaired) electrons. The minimum absolute atomic E-state index is 0.211. The molecule has 3 aromatic rings. The molecule has 1 amide bonds. The van der Waals surface area contributed by atoms with Crippen molar-refractivity contribution < 1.29 is 4.79 Å². The number of nitrogens with zero attached hydrogens (tertiary/aromatic N) is 2. The predicted molar refractivity (Wildman–Crippen MR) is 102 cm³/mol. The van der Waals surface area contributed by atoms with E-state index in [-0.39, 0.29) is 5.91 Å². The number of anilines is 1. The number of likely N-dealkylation sites (N-methyl/N-ethyl adjacent to an activating group) is 1. The van der Waals surface area contributed by atoms with Crippen LogP contribution in [0.4, 0.5) is 5.69 Å². The Morgan fingerprint density at radius 3 is 2.64 bits per heavy atom. The van der Waals surface area contributed by atoms with E-state index in [1.54, 1.807) is 0 Å². The Hall–Kier alpha value is -2.63. The molecule has 0 aliphatic heterocycles. The van der Waals surface area contributed by atoms with Crippen LogP contribution in [0.15, 0.2) is 60.8 Å². The third kappa shape index (κ3) is 4.07. The molecular formula is C20H24N4O. The molecule has 0 spiro atoms.